The summed E-state index contributed by atoms with van der Waals surface area (Å²) in [7, 11) is 0. The van der Waals surface area contributed by atoms with Crippen LogP contribution in [0.4, 0.5) is 17.2 Å². The maximum Gasteiger partial charge on any atom is 0.255 e. The highest BCUT2D eigenvalue weighted by Crippen LogP contribution is 2.28. The van der Waals surface area contributed by atoms with Crippen LogP contribution < -0.4 is 16.0 Å². The SMILES string of the molecule is CCNC(=O)c1cn2ncnc(Nc3cc(NC(=O)c4cccc(-n5cccn5)c4)ccc3C)c2c1C. The lowest BCUT2D eigenvalue weighted by atomic mass is 10.1. The number of amides is 2. The molecule has 186 valence electrons. The summed E-state index contributed by atoms with van der Waals surface area (Å²) >= 11 is 0. The number of rotatable bonds is 7. The molecule has 0 atom stereocenters. The Morgan fingerprint density at radius 2 is 1.86 bits per heavy atom. The van der Waals surface area contributed by atoms with Gasteiger partial charge in [0.1, 0.15) is 11.8 Å². The predicted octanol–water partition coefficient (Wildman–Crippen LogP) is 4.28. The van der Waals surface area contributed by atoms with Crippen molar-refractivity contribution in [2.24, 2.45) is 0 Å². The molecule has 0 radical (unpaired) electrons. The van der Waals surface area contributed by atoms with Gasteiger partial charge in [-0.15, -0.1) is 0 Å². The van der Waals surface area contributed by atoms with Crippen molar-refractivity contribution in [3.8, 4) is 5.69 Å². The van der Waals surface area contributed by atoms with Crippen LogP contribution in [0.1, 0.15) is 38.8 Å². The van der Waals surface area contributed by atoms with Crippen molar-refractivity contribution in [1.29, 1.82) is 0 Å². The number of carbonyl (C=O) groups excluding carboxylic acids is 2. The van der Waals surface area contributed by atoms with E-state index in [9.17, 15) is 9.59 Å². The summed E-state index contributed by atoms with van der Waals surface area (Å²) in [5.74, 6) is 0.165. The molecule has 0 saturated carbocycles. The van der Waals surface area contributed by atoms with Gasteiger partial charge in [-0.05, 0) is 68.3 Å². The highest BCUT2D eigenvalue weighted by atomic mass is 16.2. The van der Waals surface area contributed by atoms with Crippen LogP contribution in [0.3, 0.4) is 0 Å². The Kier molecular flexibility index (Phi) is 6.38. The van der Waals surface area contributed by atoms with Gasteiger partial charge in [0, 0.05) is 42.1 Å². The third kappa shape index (κ3) is 4.76. The highest BCUT2D eigenvalue weighted by Gasteiger charge is 2.18. The summed E-state index contributed by atoms with van der Waals surface area (Å²) in [6.45, 7) is 6.24. The third-order valence-corrected chi connectivity index (χ3v) is 6.03. The minimum Gasteiger partial charge on any atom is -0.352 e. The first-order chi connectivity index (χ1) is 17.9. The number of hydrogen-bond donors (Lipinski definition) is 3. The van der Waals surface area contributed by atoms with Gasteiger partial charge in [0.15, 0.2) is 5.82 Å². The van der Waals surface area contributed by atoms with Crippen LogP contribution in [-0.4, -0.2) is 42.7 Å². The molecule has 2 amide bonds. The molecule has 3 N–H and O–H groups in total. The third-order valence-electron chi connectivity index (χ3n) is 6.03. The van der Waals surface area contributed by atoms with E-state index in [1.54, 1.807) is 33.7 Å². The number of nitrogens with one attached hydrogen (secondary N) is 3. The normalized spacial score (nSPS) is 10.9. The van der Waals surface area contributed by atoms with Crippen molar-refractivity contribution in [3.05, 3.63) is 95.7 Å². The first-order valence-electron chi connectivity index (χ1n) is 11.8. The zero-order chi connectivity index (χ0) is 25.9. The molecular weight excluding hydrogens is 468 g/mol. The number of aromatic nitrogens is 5. The van der Waals surface area contributed by atoms with Gasteiger partial charge in [0.2, 0.25) is 0 Å². The molecule has 0 spiro atoms. The second-order valence-corrected chi connectivity index (χ2v) is 8.54. The van der Waals surface area contributed by atoms with Crippen molar-refractivity contribution in [3.63, 3.8) is 0 Å². The smallest absolute Gasteiger partial charge is 0.255 e. The minimum absolute atomic E-state index is 0.158. The van der Waals surface area contributed by atoms with Gasteiger partial charge in [-0.2, -0.15) is 10.2 Å². The van der Waals surface area contributed by atoms with Crippen LogP contribution in [0.25, 0.3) is 11.2 Å². The van der Waals surface area contributed by atoms with Crippen molar-refractivity contribution in [2.75, 3.05) is 17.2 Å². The summed E-state index contributed by atoms with van der Waals surface area (Å²) < 4.78 is 3.34. The van der Waals surface area contributed by atoms with Crippen LogP contribution in [0.2, 0.25) is 0 Å². The van der Waals surface area contributed by atoms with Gasteiger partial charge in [0.05, 0.1) is 11.3 Å². The minimum atomic E-state index is -0.234. The van der Waals surface area contributed by atoms with E-state index in [0.717, 1.165) is 22.5 Å². The van der Waals surface area contributed by atoms with E-state index in [2.05, 4.69) is 31.1 Å². The van der Waals surface area contributed by atoms with E-state index < -0.39 is 0 Å². The second-order valence-electron chi connectivity index (χ2n) is 8.54. The van der Waals surface area contributed by atoms with Gasteiger partial charge in [-0.25, -0.2) is 14.2 Å². The van der Waals surface area contributed by atoms with Crippen LogP contribution in [-0.2, 0) is 0 Å². The molecule has 37 heavy (non-hydrogen) atoms. The standard InChI is InChI=1S/C27H26N8O2/c1-4-28-27(37)22-15-35-24(18(22)3)25(29-16-31-35)33-23-14-20(10-9-17(23)2)32-26(36)19-7-5-8-21(13-19)34-12-6-11-30-34/h5-16H,4H2,1-3H3,(H,28,37)(H,32,36)(H,29,31,33). The molecule has 0 saturated heterocycles. The summed E-state index contributed by atoms with van der Waals surface area (Å²) in [6.07, 6.45) is 6.65. The number of aryl methyl sites for hydroxylation is 2. The number of benzene rings is 2. The maximum atomic E-state index is 13.0. The van der Waals surface area contributed by atoms with Crippen molar-refractivity contribution in [1.82, 2.24) is 29.7 Å². The monoisotopic (exact) mass is 494 g/mol. The molecule has 0 aliphatic rings. The molecule has 5 aromatic rings. The molecule has 0 aliphatic carbocycles. The number of carbonyl (C=O) groups is 2. The zero-order valence-corrected chi connectivity index (χ0v) is 20.7. The second kappa shape index (κ2) is 9.94. The zero-order valence-electron chi connectivity index (χ0n) is 20.7. The Morgan fingerprint density at radius 1 is 1.00 bits per heavy atom. The van der Waals surface area contributed by atoms with Crippen LogP contribution in [0, 0.1) is 13.8 Å². The lowest BCUT2D eigenvalue weighted by Gasteiger charge is -2.13. The number of hydrogen-bond acceptors (Lipinski definition) is 6. The van der Waals surface area contributed by atoms with Crippen LogP contribution in [0.5, 0.6) is 0 Å². The average Bonchev–Trinajstić information content (AvgIpc) is 3.55. The van der Waals surface area contributed by atoms with Gasteiger partial charge in [-0.3, -0.25) is 9.59 Å². The van der Waals surface area contributed by atoms with Gasteiger partial charge in [0.25, 0.3) is 11.8 Å². The summed E-state index contributed by atoms with van der Waals surface area (Å²) in [5.41, 5.74) is 5.69. The Bertz CT molecular complexity index is 1600. The molecule has 10 nitrogen and oxygen atoms in total. The number of nitrogens with zero attached hydrogens (tertiary/aromatic N) is 5. The molecular formula is C27H26N8O2. The summed E-state index contributed by atoms with van der Waals surface area (Å²) in [5, 5.41) is 17.6. The van der Waals surface area contributed by atoms with E-state index >= 15 is 0 Å². The highest BCUT2D eigenvalue weighted by molar-refractivity contribution is 6.05. The molecule has 0 aliphatic heterocycles. The first kappa shape index (κ1) is 23.7. The maximum absolute atomic E-state index is 13.0. The molecule has 3 aromatic heterocycles. The van der Waals surface area contributed by atoms with Crippen molar-refractivity contribution >= 4 is 34.5 Å². The number of anilines is 3. The van der Waals surface area contributed by atoms with E-state index in [4.69, 9.17) is 0 Å². The van der Waals surface area contributed by atoms with E-state index in [1.807, 2.05) is 63.4 Å². The fourth-order valence-electron chi connectivity index (χ4n) is 4.11. The molecule has 3 heterocycles. The molecule has 0 unspecified atom stereocenters. The largest absolute Gasteiger partial charge is 0.352 e. The van der Waals surface area contributed by atoms with Gasteiger partial charge >= 0.3 is 0 Å². The Hall–Kier alpha value is -4.99. The average molecular weight is 495 g/mol. The summed E-state index contributed by atoms with van der Waals surface area (Å²) in [6, 6.07) is 14.7. The van der Waals surface area contributed by atoms with Crippen molar-refractivity contribution in [2.45, 2.75) is 20.8 Å². The molecule has 5 rings (SSSR count). The summed E-state index contributed by atoms with van der Waals surface area (Å²) in [4.78, 5) is 29.9. The quantitative estimate of drug-likeness (QED) is 0.311. The van der Waals surface area contributed by atoms with Crippen LogP contribution >= 0.6 is 0 Å². The molecule has 0 fully saturated rings. The lowest BCUT2D eigenvalue weighted by Crippen LogP contribution is -2.22. The fraction of sp³-hybridized carbons (Fsp3) is 0.148. The Morgan fingerprint density at radius 3 is 2.65 bits per heavy atom. The van der Waals surface area contributed by atoms with Crippen molar-refractivity contribution < 1.29 is 9.59 Å². The predicted molar refractivity (Wildman–Crippen MR) is 142 cm³/mol. The van der Waals surface area contributed by atoms with E-state index in [0.29, 0.717) is 34.7 Å². The topological polar surface area (TPSA) is 118 Å². The van der Waals surface area contributed by atoms with Crippen LogP contribution in [0.15, 0.2) is 73.4 Å². The van der Waals surface area contributed by atoms with Gasteiger partial charge in [-0.1, -0.05) is 12.1 Å². The van der Waals surface area contributed by atoms with E-state index in [-0.39, 0.29) is 11.8 Å². The Balaban J connectivity index is 1.41. The first-order valence-corrected chi connectivity index (χ1v) is 11.8. The fourth-order valence-corrected chi connectivity index (χ4v) is 4.11. The molecule has 0 bridgehead atoms. The van der Waals surface area contributed by atoms with E-state index in [1.165, 1.54) is 6.33 Å². The number of fused-ring (bicyclic) bond motifs is 1. The molecule has 10 heteroatoms. The Labute approximate surface area is 213 Å². The van der Waals surface area contributed by atoms with Gasteiger partial charge < -0.3 is 16.0 Å². The molecule has 2 aromatic carbocycles. The lowest BCUT2D eigenvalue weighted by molar-refractivity contribution is 0.0954.